The molecule has 7 heteroatoms. The first-order valence-corrected chi connectivity index (χ1v) is 9.06. The molecule has 0 atom stereocenters. The molecule has 3 aromatic carbocycles. The minimum atomic E-state index is -0.569. The van der Waals surface area contributed by atoms with E-state index in [1.165, 1.54) is 0 Å². The molecule has 0 aromatic heterocycles. The predicted octanol–water partition coefficient (Wildman–Crippen LogP) is 4.59. The molecule has 3 aromatic rings. The Morgan fingerprint density at radius 3 is 2.24 bits per heavy atom. The maximum absolute atomic E-state index is 12.3. The van der Waals surface area contributed by atoms with Crippen LogP contribution in [0, 0.1) is 0 Å². The van der Waals surface area contributed by atoms with Crippen LogP contribution in [0.3, 0.4) is 0 Å². The maximum Gasteiger partial charge on any atom is 0.349 e. The van der Waals surface area contributed by atoms with Crippen molar-refractivity contribution in [1.29, 1.82) is 0 Å². The highest BCUT2D eigenvalue weighted by Gasteiger charge is 2.10. The zero-order valence-electron chi connectivity index (χ0n) is 15.6. The van der Waals surface area contributed by atoms with Crippen LogP contribution >= 0.6 is 11.6 Å². The number of amides is 1. The lowest BCUT2D eigenvalue weighted by atomic mass is 10.2. The topological polar surface area (TPSA) is 73.9 Å². The number of carbonyl (C=O) groups is 2. The summed E-state index contributed by atoms with van der Waals surface area (Å²) in [5, 5.41) is 3.29. The molecule has 0 radical (unpaired) electrons. The van der Waals surface area contributed by atoms with Gasteiger partial charge in [0.2, 0.25) is 0 Å². The molecular formula is C22H18ClNO5. The summed E-state index contributed by atoms with van der Waals surface area (Å²) in [7, 11) is 1.57. The molecule has 0 heterocycles. The fourth-order valence-electron chi connectivity index (χ4n) is 2.41. The normalized spacial score (nSPS) is 10.1. The standard InChI is InChI=1S/C22H18ClNO5/c1-27-18-11-7-17(8-12-18)24-22(26)15-5-9-19(10-6-15)29-21(25)14-28-20-4-2-3-16(23)13-20/h2-13H,14H2,1H3,(H,24,26). The molecule has 0 bridgehead atoms. The molecule has 148 valence electrons. The molecule has 0 aliphatic carbocycles. The summed E-state index contributed by atoms with van der Waals surface area (Å²) >= 11 is 5.86. The average Bonchev–Trinajstić information content (AvgIpc) is 2.73. The van der Waals surface area contributed by atoms with E-state index in [1.54, 1.807) is 79.9 Å². The van der Waals surface area contributed by atoms with Crippen molar-refractivity contribution < 1.29 is 23.8 Å². The second-order valence-corrected chi connectivity index (χ2v) is 6.36. The summed E-state index contributed by atoms with van der Waals surface area (Å²) in [6.45, 7) is -0.264. The van der Waals surface area contributed by atoms with E-state index in [4.69, 9.17) is 25.8 Å². The highest BCUT2D eigenvalue weighted by molar-refractivity contribution is 6.30. The SMILES string of the molecule is COc1ccc(NC(=O)c2ccc(OC(=O)COc3cccc(Cl)c3)cc2)cc1. The van der Waals surface area contributed by atoms with E-state index in [0.717, 1.165) is 0 Å². The molecule has 0 unspecified atom stereocenters. The molecule has 0 spiro atoms. The zero-order chi connectivity index (χ0) is 20.6. The Morgan fingerprint density at radius 2 is 1.59 bits per heavy atom. The number of hydrogen-bond donors (Lipinski definition) is 1. The van der Waals surface area contributed by atoms with E-state index in [0.29, 0.717) is 33.5 Å². The summed E-state index contributed by atoms with van der Waals surface area (Å²) < 4.78 is 15.6. The predicted molar refractivity (Wildman–Crippen MR) is 110 cm³/mol. The summed E-state index contributed by atoms with van der Waals surface area (Å²) in [5.41, 5.74) is 1.07. The molecule has 0 saturated heterocycles. The second kappa shape index (κ2) is 9.61. The molecule has 6 nitrogen and oxygen atoms in total. The van der Waals surface area contributed by atoms with Gasteiger partial charge in [-0.05, 0) is 66.7 Å². The summed E-state index contributed by atoms with van der Waals surface area (Å²) in [6.07, 6.45) is 0. The molecule has 0 saturated carbocycles. The van der Waals surface area contributed by atoms with Gasteiger partial charge in [0.25, 0.3) is 5.91 Å². The molecule has 29 heavy (non-hydrogen) atoms. The van der Waals surface area contributed by atoms with Crippen LogP contribution in [0.1, 0.15) is 10.4 Å². The number of carbonyl (C=O) groups excluding carboxylic acids is 2. The Labute approximate surface area is 173 Å². The fraction of sp³-hybridized carbons (Fsp3) is 0.0909. The molecule has 1 amide bonds. The van der Waals surface area contributed by atoms with Gasteiger partial charge < -0.3 is 19.5 Å². The Kier molecular flexibility index (Phi) is 6.71. The first-order valence-electron chi connectivity index (χ1n) is 8.68. The van der Waals surface area contributed by atoms with Crippen LogP contribution in [-0.2, 0) is 4.79 Å². The number of ether oxygens (including phenoxy) is 3. The van der Waals surface area contributed by atoms with Crippen LogP contribution in [-0.4, -0.2) is 25.6 Å². The van der Waals surface area contributed by atoms with Gasteiger partial charge in [-0.1, -0.05) is 17.7 Å². The minimum Gasteiger partial charge on any atom is -0.497 e. The lowest BCUT2D eigenvalue weighted by Crippen LogP contribution is -2.18. The van der Waals surface area contributed by atoms with Crippen molar-refractivity contribution in [2.75, 3.05) is 19.0 Å². The third kappa shape index (κ3) is 5.99. The van der Waals surface area contributed by atoms with Crippen LogP contribution in [0.15, 0.2) is 72.8 Å². The van der Waals surface area contributed by atoms with Crippen LogP contribution < -0.4 is 19.5 Å². The Balaban J connectivity index is 1.52. The van der Waals surface area contributed by atoms with Gasteiger partial charge >= 0.3 is 5.97 Å². The summed E-state index contributed by atoms with van der Waals surface area (Å²) in [4.78, 5) is 24.2. The van der Waals surface area contributed by atoms with E-state index in [2.05, 4.69) is 5.32 Å². The van der Waals surface area contributed by atoms with Crippen molar-refractivity contribution in [2.24, 2.45) is 0 Å². The van der Waals surface area contributed by atoms with Gasteiger partial charge in [0.05, 0.1) is 7.11 Å². The molecule has 1 N–H and O–H groups in total. The van der Waals surface area contributed by atoms with Crippen LogP contribution in [0.25, 0.3) is 0 Å². The number of halogens is 1. The first-order chi connectivity index (χ1) is 14.0. The number of nitrogens with one attached hydrogen (secondary N) is 1. The Hall–Kier alpha value is -3.51. The van der Waals surface area contributed by atoms with Gasteiger partial charge in [-0.3, -0.25) is 4.79 Å². The van der Waals surface area contributed by atoms with Crippen molar-refractivity contribution >= 4 is 29.2 Å². The van der Waals surface area contributed by atoms with Crippen molar-refractivity contribution in [2.45, 2.75) is 0 Å². The van der Waals surface area contributed by atoms with Gasteiger partial charge in [0.1, 0.15) is 17.2 Å². The number of esters is 1. The maximum atomic E-state index is 12.3. The summed E-state index contributed by atoms with van der Waals surface area (Å²) in [5.74, 6) is 0.636. The molecular weight excluding hydrogens is 394 g/mol. The van der Waals surface area contributed by atoms with Crippen LogP contribution in [0.5, 0.6) is 17.2 Å². The quantitative estimate of drug-likeness (QED) is 0.455. The lowest BCUT2D eigenvalue weighted by molar-refractivity contribution is -0.136. The lowest BCUT2D eigenvalue weighted by Gasteiger charge is -2.08. The Morgan fingerprint density at radius 1 is 0.897 bits per heavy atom. The number of rotatable bonds is 7. The van der Waals surface area contributed by atoms with Crippen molar-refractivity contribution in [3.63, 3.8) is 0 Å². The van der Waals surface area contributed by atoms with Crippen molar-refractivity contribution in [3.8, 4) is 17.2 Å². The largest absolute Gasteiger partial charge is 0.497 e. The molecule has 3 rings (SSSR count). The molecule has 0 fully saturated rings. The number of anilines is 1. The summed E-state index contributed by atoms with van der Waals surface area (Å²) in [6, 6.07) is 19.9. The van der Waals surface area contributed by atoms with Gasteiger partial charge in [-0.25, -0.2) is 4.79 Å². The van der Waals surface area contributed by atoms with Crippen molar-refractivity contribution in [1.82, 2.24) is 0 Å². The van der Waals surface area contributed by atoms with E-state index in [1.807, 2.05) is 0 Å². The van der Waals surface area contributed by atoms with Gasteiger partial charge in [-0.2, -0.15) is 0 Å². The smallest absolute Gasteiger partial charge is 0.349 e. The average molecular weight is 412 g/mol. The van der Waals surface area contributed by atoms with E-state index in [-0.39, 0.29) is 12.5 Å². The zero-order valence-corrected chi connectivity index (χ0v) is 16.3. The number of benzene rings is 3. The third-order valence-corrected chi connectivity index (χ3v) is 4.08. The highest BCUT2D eigenvalue weighted by Crippen LogP contribution is 2.19. The van der Waals surface area contributed by atoms with Gasteiger partial charge in [0.15, 0.2) is 6.61 Å². The van der Waals surface area contributed by atoms with E-state index >= 15 is 0 Å². The number of methoxy groups -OCH3 is 1. The first kappa shape index (κ1) is 20.2. The minimum absolute atomic E-state index is 0.264. The van der Waals surface area contributed by atoms with E-state index < -0.39 is 5.97 Å². The van der Waals surface area contributed by atoms with Crippen LogP contribution in [0.2, 0.25) is 5.02 Å². The highest BCUT2D eigenvalue weighted by atomic mass is 35.5. The number of hydrogen-bond acceptors (Lipinski definition) is 5. The van der Waals surface area contributed by atoms with Gasteiger partial charge in [0, 0.05) is 16.3 Å². The Bertz CT molecular complexity index is 987. The molecule has 0 aliphatic rings. The molecule has 0 aliphatic heterocycles. The van der Waals surface area contributed by atoms with Crippen molar-refractivity contribution in [3.05, 3.63) is 83.4 Å². The van der Waals surface area contributed by atoms with E-state index in [9.17, 15) is 9.59 Å². The van der Waals surface area contributed by atoms with Crippen LogP contribution in [0.4, 0.5) is 5.69 Å². The van der Waals surface area contributed by atoms with Gasteiger partial charge in [-0.15, -0.1) is 0 Å². The monoisotopic (exact) mass is 411 g/mol. The second-order valence-electron chi connectivity index (χ2n) is 5.93. The third-order valence-electron chi connectivity index (χ3n) is 3.85. The fourth-order valence-corrected chi connectivity index (χ4v) is 2.59.